The van der Waals surface area contributed by atoms with Gasteiger partial charge in [-0.2, -0.15) is 0 Å². The normalized spacial score (nSPS) is 11.7. The first-order valence-corrected chi connectivity index (χ1v) is 3.54. The number of rotatable bonds is 2. The standard InChI is InChI=1S/C7H6ClNO3/c1-5(9(10)11)2-7-3-6(8)4-12-7/h2-4H,1H3. The fourth-order valence-corrected chi connectivity index (χ4v) is 0.815. The number of halogens is 1. The van der Waals surface area contributed by atoms with Crippen molar-refractivity contribution in [2.24, 2.45) is 0 Å². The number of nitrogens with zero attached hydrogens (tertiary/aromatic N) is 1. The van der Waals surface area contributed by atoms with Crippen LogP contribution in [0.15, 0.2) is 22.4 Å². The number of furan rings is 1. The third-order valence-electron chi connectivity index (χ3n) is 1.23. The summed E-state index contributed by atoms with van der Waals surface area (Å²) >= 11 is 5.53. The van der Waals surface area contributed by atoms with Gasteiger partial charge in [-0.05, 0) is 0 Å². The molecule has 1 aromatic rings. The molecule has 0 aliphatic rings. The van der Waals surface area contributed by atoms with E-state index in [4.69, 9.17) is 16.0 Å². The van der Waals surface area contributed by atoms with Crippen LogP contribution >= 0.6 is 11.6 Å². The molecule has 4 nitrogen and oxygen atoms in total. The Bertz CT molecular complexity index is 329. The number of nitro groups is 1. The SMILES string of the molecule is CC(=Cc1cc(Cl)co1)[N+](=O)[O-]. The van der Waals surface area contributed by atoms with E-state index in [-0.39, 0.29) is 5.70 Å². The molecule has 1 rings (SSSR count). The Hall–Kier alpha value is -1.29. The van der Waals surface area contributed by atoms with Gasteiger partial charge in [0.1, 0.15) is 12.0 Å². The van der Waals surface area contributed by atoms with Crippen molar-refractivity contribution in [2.75, 3.05) is 0 Å². The molecule has 0 radical (unpaired) electrons. The van der Waals surface area contributed by atoms with Gasteiger partial charge in [-0.3, -0.25) is 10.1 Å². The lowest BCUT2D eigenvalue weighted by Gasteiger charge is -1.86. The summed E-state index contributed by atoms with van der Waals surface area (Å²) in [6.07, 6.45) is 2.63. The van der Waals surface area contributed by atoms with Crippen molar-refractivity contribution in [1.82, 2.24) is 0 Å². The first kappa shape index (κ1) is 8.80. The predicted octanol–water partition coefficient (Wildman–Crippen LogP) is 2.57. The fourth-order valence-electron chi connectivity index (χ4n) is 0.663. The summed E-state index contributed by atoms with van der Waals surface area (Å²) < 4.78 is 4.87. The molecule has 0 atom stereocenters. The second-order valence-electron chi connectivity index (χ2n) is 2.21. The fraction of sp³-hybridized carbons (Fsp3) is 0.143. The van der Waals surface area contributed by atoms with Crippen molar-refractivity contribution in [3.05, 3.63) is 38.9 Å². The van der Waals surface area contributed by atoms with E-state index in [1.807, 2.05) is 0 Å². The second-order valence-corrected chi connectivity index (χ2v) is 2.65. The predicted molar refractivity (Wildman–Crippen MR) is 44.4 cm³/mol. The van der Waals surface area contributed by atoms with Crippen molar-refractivity contribution >= 4 is 17.7 Å². The molecule has 0 amide bonds. The van der Waals surface area contributed by atoms with Crippen LogP contribution < -0.4 is 0 Å². The molecule has 5 heteroatoms. The van der Waals surface area contributed by atoms with Gasteiger partial charge in [0.15, 0.2) is 0 Å². The lowest BCUT2D eigenvalue weighted by atomic mass is 10.3. The van der Waals surface area contributed by atoms with Crippen LogP contribution in [0.1, 0.15) is 12.7 Å². The van der Waals surface area contributed by atoms with E-state index in [9.17, 15) is 10.1 Å². The molecule has 0 saturated carbocycles. The Morgan fingerprint density at radius 2 is 2.50 bits per heavy atom. The van der Waals surface area contributed by atoms with Gasteiger partial charge in [-0.25, -0.2) is 0 Å². The molecule has 1 aromatic heterocycles. The zero-order valence-corrected chi connectivity index (χ0v) is 7.04. The quantitative estimate of drug-likeness (QED) is 0.528. The molecular formula is C7H6ClNO3. The average molecular weight is 188 g/mol. The average Bonchev–Trinajstić information content (AvgIpc) is 2.35. The Morgan fingerprint density at radius 3 is 2.92 bits per heavy atom. The zero-order valence-electron chi connectivity index (χ0n) is 6.28. The molecule has 0 saturated heterocycles. The topological polar surface area (TPSA) is 56.3 Å². The van der Waals surface area contributed by atoms with Crippen LogP contribution in [0.5, 0.6) is 0 Å². The molecule has 1 heterocycles. The van der Waals surface area contributed by atoms with Crippen LogP contribution in [-0.4, -0.2) is 4.92 Å². The van der Waals surface area contributed by atoms with Gasteiger partial charge in [0.05, 0.1) is 16.0 Å². The molecule has 0 aliphatic heterocycles. The van der Waals surface area contributed by atoms with Gasteiger partial charge in [-0.1, -0.05) is 11.6 Å². The summed E-state index contributed by atoms with van der Waals surface area (Å²) in [5, 5.41) is 10.6. The molecule has 0 aliphatic carbocycles. The molecule has 0 N–H and O–H groups in total. The lowest BCUT2D eigenvalue weighted by Crippen LogP contribution is -1.92. The Morgan fingerprint density at radius 1 is 1.83 bits per heavy atom. The molecule has 12 heavy (non-hydrogen) atoms. The molecule has 0 aromatic carbocycles. The first-order chi connectivity index (χ1) is 5.59. The maximum Gasteiger partial charge on any atom is 0.246 e. The van der Waals surface area contributed by atoms with E-state index in [2.05, 4.69) is 0 Å². The molecule has 0 fully saturated rings. The maximum atomic E-state index is 10.2. The van der Waals surface area contributed by atoms with Crippen LogP contribution in [0.25, 0.3) is 6.08 Å². The van der Waals surface area contributed by atoms with E-state index in [0.717, 1.165) is 0 Å². The molecule has 0 unspecified atom stereocenters. The van der Waals surface area contributed by atoms with Gasteiger partial charge >= 0.3 is 0 Å². The monoisotopic (exact) mass is 187 g/mol. The second kappa shape index (κ2) is 3.40. The molecule has 0 spiro atoms. The van der Waals surface area contributed by atoms with Crippen molar-refractivity contribution in [3.8, 4) is 0 Å². The molecule has 64 valence electrons. The smallest absolute Gasteiger partial charge is 0.246 e. The Labute approximate surface area is 73.6 Å². The van der Waals surface area contributed by atoms with Crippen molar-refractivity contribution in [1.29, 1.82) is 0 Å². The van der Waals surface area contributed by atoms with Crippen LogP contribution in [0.4, 0.5) is 0 Å². The van der Waals surface area contributed by atoms with Crippen molar-refractivity contribution in [3.63, 3.8) is 0 Å². The third-order valence-corrected chi connectivity index (χ3v) is 1.43. The summed E-state index contributed by atoms with van der Waals surface area (Å²) in [5.41, 5.74) is 0.0148. The summed E-state index contributed by atoms with van der Waals surface area (Å²) in [5.74, 6) is 0.384. The minimum absolute atomic E-state index is 0.0148. The Balaban J connectivity index is 2.87. The van der Waals surface area contributed by atoms with E-state index >= 15 is 0 Å². The minimum atomic E-state index is -0.490. The lowest BCUT2D eigenvalue weighted by molar-refractivity contribution is -0.422. The van der Waals surface area contributed by atoms with Crippen molar-refractivity contribution < 1.29 is 9.34 Å². The highest BCUT2D eigenvalue weighted by Crippen LogP contribution is 2.15. The van der Waals surface area contributed by atoms with E-state index < -0.39 is 4.92 Å². The summed E-state index contributed by atoms with van der Waals surface area (Å²) in [6, 6.07) is 1.51. The van der Waals surface area contributed by atoms with E-state index in [1.165, 1.54) is 25.3 Å². The molecule has 0 bridgehead atoms. The highest BCUT2D eigenvalue weighted by Gasteiger charge is 2.04. The van der Waals surface area contributed by atoms with Gasteiger partial charge in [0.2, 0.25) is 5.70 Å². The van der Waals surface area contributed by atoms with E-state index in [1.54, 1.807) is 0 Å². The largest absolute Gasteiger partial charge is 0.463 e. The summed E-state index contributed by atoms with van der Waals surface area (Å²) in [4.78, 5) is 9.68. The van der Waals surface area contributed by atoms with Gasteiger partial charge in [0, 0.05) is 13.0 Å². The number of hydrogen-bond acceptors (Lipinski definition) is 3. The van der Waals surface area contributed by atoms with Crippen LogP contribution in [0.3, 0.4) is 0 Å². The van der Waals surface area contributed by atoms with Crippen LogP contribution in [0, 0.1) is 10.1 Å². The summed E-state index contributed by atoms with van der Waals surface area (Å²) in [6.45, 7) is 1.39. The van der Waals surface area contributed by atoms with Gasteiger partial charge in [0.25, 0.3) is 0 Å². The van der Waals surface area contributed by atoms with Gasteiger partial charge < -0.3 is 4.42 Å². The highest BCUT2D eigenvalue weighted by molar-refractivity contribution is 6.30. The summed E-state index contributed by atoms with van der Waals surface area (Å²) in [7, 11) is 0. The minimum Gasteiger partial charge on any atom is -0.463 e. The van der Waals surface area contributed by atoms with Crippen LogP contribution in [0.2, 0.25) is 5.02 Å². The van der Waals surface area contributed by atoms with Crippen LogP contribution in [-0.2, 0) is 0 Å². The van der Waals surface area contributed by atoms with Gasteiger partial charge in [-0.15, -0.1) is 0 Å². The first-order valence-electron chi connectivity index (χ1n) is 3.16. The van der Waals surface area contributed by atoms with Crippen molar-refractivity contribution in [2.45, 2.75) is 6.92 Å². The third kappa shape index (κ3) is 2.10. The number of hydrogen-bond donors (Lipinski definition) is 0. The maximum absolute atomic E-state index is 10.2. The number of allylic oxidation sites excluding steroid dienone is 1. The molecular weight excluding hydrogens is 182 g/mol. The van der Waals surface area contributed by atoms with E-state index in [0.29, 0.717) is 10.8 Å². The highest BCUT2D eigenvalue weighted by atomic mass is 35.5. The Kier molecular flexibility index (Phi) is 2.50. The zero-order chi connectivity index (χ0) is 9.14.